The molecule has 21 heavy (non-hydrogen) atoms. The molecule has 0 aliphatic carbocycles. The van der Waals surface area contributed by atoms with Crippen LogP contribution >= 0.6 is 50.2 Å². The molecule has 0 aliphatic rings. The third-order valence-corrected chi connectivity index (χ3v) is 7.48. The van der Waals surface area contributed by atoms with Gasteiger partial charge in [0.05, 0.1) is 0 Å². The fourth-order valence-electron chi connectivity index (χ4n) is 1.86. The monoisotopic (exact) mass is 425 g/mol. The van der Waals surface area contributed by atoms with E-state index in [2.05, 4.69) is 20.9 Å². The van der Waals surface area contributed by atoms with E-state index in [1.54, 1.807) is 11.6 Å². The minimum atomic E-state index is -3.71. The van der Waals surface area contributed by atoms with Crippen molar-refractivity contribution in [1.29, 1.82) is 0 Å². The molecule has 0 N–H and O–H groups in total. The first-order valence-corrected chi connectivity index (χ1v) is 10.1. The average molecular weight is 427 g/mol. The van der Waals surface area contributed by atoms with E-state index in [9.17, 15) is 8.42 Å². The highest BCUT2D eigenvalue weighted by molar-refractivity contribution is 9.10. The van der Waals surface area contributed by atoms with Crippen LogP contribution in [0.4, 0.5) is 0 Å². The Labute approximate surface area is 143 Å². The molecule has 3 heterocycles. The van der Waals surface area contributed by atoms with Crippen LogP contribution in [0.1, 0.15) is 4.88 Å². The Morgan fingerprint density at radius 3 is 2.90 bits per heavy atom. The van der Waals surface area contributed by atoms with Gasteiger partial charge in [0.15, 0.2) is 15.1 Å². The molecule has 0 aliphatic heterocycles. The number of fused-ring (bicyclic) bond motifs is 1. The second kappa shape index (κ2) is 5.64. The molecule has 0 spiro atoms. The van der Waals surface area contributed by atoms with Crippen molar-refractivity contribution in [1.82, 2.24) is 13.7 Å². The van der Waals surface area contributed by atoms with E-state index in [1.165, 1.54) is 38.4 Å². The summed E-state index contributed by atoms with van der Waals surface area (Å²) < 4.78 is 29.2. The van der Waals surface area contributed by atoms with Crippen LogP contribution in [0.2, 0.25) is 5.15 Å². The number of rotatable bonds is 4. The Balaban J connectivity index is 1.99. The molecule has 0 radical (unpaired) electrons. The summed E-state index contributed by atoms with van der Waals surface area (Å²) in [5.74, 6) is 0. The second-order valence-corrected chi connectivity index (χ2v) is 9.36. The number of thiophene rings is 1. The van der Waals surface area contributed by atoms with Crippen molar-refractivity contribution in [3.8, 4) is 0 Å². The van der Waals surface area contributed by atoms with Gasteiger partial charge in [0.2, 0.25) is 0 Å². The summed E-state index contributed by atoms with van der Waals surface area (Å²) in [6.45, 7) is 0.284. The van der Waals surface area contributed by atoms with Gasteiger partial charge in [0.25, 0.3) is 10.0 Å². The standard InChI is InChI=1S/C11H9BrClN3O2S3/c1-15(5-8-4-7(12)6-20-8)21(17,18)10-9(13)14-11-16(10)2-3-19-11/h2-4,6H,5H2,1H3. The van der Waals surface area contributed by atoms with Crippen molar-refractivity contribution in [3.05, 3.63) is 37.5 Å². The van der Waals surface area contributed by atoms with Crippen molar-refractivity contribution in [2.24, 2.45) is 0 Å². The molecular formula is C11H9BrClN3O2S3. The van der Waals surface area contributed by atoms with Crippen molar-refractivity contribution in [3.63, 3.8) is 0 Å². The number of nitrogens with zero attached hydrogens (tertiary/aromatic N) is 3. The number of sulfonamides is 1. The lowest BCUT2D eigenvalue weighted by Crippen LogP contribution is -2.27. The van der Waals surface area contributed by atoms with E-state index in [0.29, 0.717) is 4.96 Å². The third kappa shape index (κ3) is 2.78. The zero-order valence-electron chi connectivity index (χ0n) is 10.7. The van der Waals surface area contributed by atoms with Crippen molar-refractivity contribution < 1.29 is 8.42 Å². The molecule has 0 bridgehead atoms. The first kappa shape index (κ1) is 15.4. The highest BCUT2D eigenvalue weighted by atomic mass is 79.9. The Hall–Kier alpha value is -0.450. The van der Waals surface area contributed by atoms with Gasteiger partial charge in [-0.05, 0) is 22.0 Å². The summed E-state index contributed by atoms with van der Waals surface area (Å²) in [5.41, 5.74) is 0. The predicted molar refractivity (Wildman–Crippen MR) is 88.8 cm³/mol. The van der Waals surface area contributed by atoms with Gasteiger partial charge in [-0.15, -0.1) is 22.7 Å². The molecule has 3 rings (SSSR count). The van der Waals surface area contributed by atoms with Crippen LogP contribution in [0.3, 0.4) is 0 Å². The van der Waals surface area contributed by atoms with E-state index in [0.717, 1.165) is 9.35 Å². The molecule has 112 valence electrons. The van der Waals surface area contributed by atoms with Crippen LogP contribution in [-0.4, -0.2) is 29.2 Å². The van der Waals surface area contributed by atoms with Crippen molar-refractivity contribution >= 4 is 65.2 Å². The molecule has 0 atom stereocenters. The van der Waals surface area contributed by atoms with E-state index >= 15 is 0 Å². The van der Waals surface area contributed by atoms with Gasteiger partial charge in [-0.3, -0.25) is 4.40 Å². The molecule has 5 nitrogen and oxygen atoms in total. The number of thiazole rings is 1. The molecule has 0 saturated carbocycles. The maximum atomic E-state index is 12.7. The lowest BCUT2D eigenvalue weighted by molar-refractivity contribution is 0.466. The van der Waals surface area contributed by atoms with Crippen LogP contribution in [0.25, 0.3) is 4.96 Å². The van der Waals surface area contributed by atoms with Crippen LogP contribution in [0.5, 0.6) is 0 Å². The van der Waals surface area contributed by atoms with E-state index in [-0.39, 0.29) is 16.7 Å². The molecule has 0 amide bonds. The first-order valence-electron chi connectivity index (χ1n) is 5.70. The maximum absolute atomic E-state index is 12.7. The smallest absolute Gasteiger partial charge is 0.262 e. The zero-order valence-corrected chi connectivity index (χ0v) is 15.4. The summed E-state index contributed by atoms with van der Waals surface area (Å²) in [5, 5.41) is 3.70. The Kier molecular flexibility index (Phi) is 4.15. The first-order chi connectivity index (χ1) is 9.89. The molecular weight excluding hydrogens is 418 g/mol. The quantitative estimate of drug-likeness (QED) is 0.639. The highest BCUT2D eigenvalue weighted by Gasteiger charge is 2.29. The third-order valence-electron chi connectivity index (χ3n) is 2.83. The number of aromatic nitrogens is 2. The SMILES string of the molecule is CN(Cc1cc(Br)cs1)S(=O)(=O)c1c(Cl)nc2sccn12. The van der Waals surface area contributed by atoms with Crippen molar-refractivity contribution in [2.45, 2.75) is 11.6 Å². The highest BCUT2D eigenvalue weighted by Crippen LogP contribution is 2.29. The summed E-state index contributed by atoms with van der Waals surface area (Å²) in [6.07, 6.45) is 1.65. The Morgan fingerprint density at radius 1 is 1.48 bits per heavy atom. The van der Waals surface area contributed by atoms with Gasteiger partial charge in [0, 0.05) is 39.9 Å². The summed E-state index contributed by atoms with van der Waals surface area (Å²) in [4.78, 5) is 5.57. The normalized spacial score (nSPS) is 12.6. The molecule has 0 saturated heterocycles. The van der Waals surface area contributed by atoms with Gasteiger partial charge in [0.1, 0.15) is 0 Å². The van der Waals surface area contributed by atoms with Gasteiger partial charge < -0.3 is 0 Å². The number of halogens is 2. The average Bonchev–Trinajstić information content (AvgIpc) is 3.05. The number of imidazole rings is 1. The van der Waals surface area contributed by atoms with E-state index < -0.39 is 10.0 Å². The van der Waals surface area contributed by atoms with Crippen molar-refractivity contribution in [2.75, 3.05) is 7.05 Å². The summed E-state index contributed by atoms with van der Waals surface area (Å²) in [6, 6.07) is 1.90. The molecule has 3 aromatic heterocycles. The largest absolute Gasteiger partial charge is 0.279 e. The molecule has 10 heteroatoms. The minimum absolute atomic E-state index is 0.000982. The van der Waals surface area contributed by atoms with E-state index in [1.807, 2.05) is 11.4 Å². The molecule has 0 fully saturated rings. The minimum Gasteiger partial charge on any atom is -0.279 e. The fraction of sp³-hybridized carbons (Fsp3) is 0.182. The molecule has 0 unspecified atom stereocenters. The molecule has 3 aromatic rings. The molecule has 0 aromatic carbocycles. The summed E-state index contributed by atoms with van der Waals surface area (Å²) in [7, 11) is -2.18. The van der Waals surface area contributed by atoms with Crippen LogP contribution < -0.4 is 0 Å². The lowest BCUT2D eigenvalue weighted by atomic mass is 10.5. The van der Waals surface area contributed by atoms with Crippen LogP contribution in [0, 0.1) is 0 Å². The van der Waals surface area contributed by atoms with Gasteiger partial charge in [-0.2, -0.15) is 4.31 Å². The zero-order chi connectivity index (χ0) is 15.2. The fourth-order valence-corrected chi connectivity index (χ4v) is 5.99. The van der Waals surface area contributed by atoms with Gasteiger partial charge in [-0.25, -0.2) is 13.4 Å². The number of hydrogen-bond acceptors (Lipinski definition) is 5. The topological polar surface area (TPSA) is 54.7 Å². The van der Waals surface area contributed by atoms with E-state index in [4.69, 9.17) is 11.6 Å². The van der Waals surface area contributed by atoms with Gasteiger partial charge >= 0.3 is 0 Å². The maximum Gasteiger partial charge on any atom is 0.262 e. The van der Waals surface area contributed by atoms with Gasteiger partial charge in [-0.1, -0.05) is 11.6 Å². The second-order valence-electron chi connectivity index (χ2n) is 4.26. The Morgan fingerprint density at radius 2 is 2.24 bits per heavy atom. The Bertz CT molecular complexity index is 899. The lowest BCUT2D eigenvalue weighted by Gasteiger charge is -2.15. The van der Waals surface area contributed by atoms with Crippen LogP contribution in [-0.2, 0) is 16.6 Å². The summed E-state index contributed by atoms with van der Waals surface area (Å²) >= 11 is 12.2. The predicted octanol–water partition coefficient (Wildman–Crippen LogP) is 3.69. The number of hydrogen-bond donors (Lipinski definition) is 0. The van der Waals surface area contributed by atoms with Crippen LogP contribution in [0.15, 0.2) is 32.5 Å².